The fraction of sp³-hybridized carbons (Fsp3) is 0.520. The van der Waals surface area contributed by atoms with Crippen molar-refractivity contribution in [2.75, 3.05) is 0 Å². The van der Waals surface area contributed by atoms with Gasteiger partial charge in [-0.2, -0.15) is 0 Å². The third-order valence-corrected chi connectivity index (χ3v) is 5.92. The Hall–Kier alpha value is -2.16. The van der Waals surface area contributed by atoms with Crippen molar-refractivity contribution in [3.8, 4) is 0 Å². The van der Waals surface area contributed by atoms with Crippen LogP contribution in [0.2, 0.25) is 0 Å². The number of benzene rings is 1. The Balaban J connectivity index is 1.87. The number of ether oxygens (including phenoxy) is 1. The zero-order valence-corrected chi connectivity index (χ0v) is 17.6. The first-order chi connectivity index (χ1) is 13.4. The van der Waals surface area contributed by atoms with E-state index in [1.807, 2.05) is 44.2 Å². The highest BCUT2D eigenvalue weighted by Gasteiger charge is 2.34. The molecule has 3 rings (SSSR count). The van der Waals surface area contributed by atoms with E-state index in [1.54, 1.807) is 0 Å². The number of ketones is 1. The Morgan fingerprint density at radius 2 is 1.89 bits per heavy atom. The van der Waals surface area contributed by atoms with E-state index in [9.17, 15) is 9.59 Å². The standard InChI is InChI=1S/C25H32O3/c1-5-21(18-9-7-6-8-10-18)23(26)15-20-14-19-13-17(4)11-12-22(19)24(20)25(27)28-16(2)3/h6-10,16-17,21H,5,11-15H2,1-4H3. The first kappa shape index (κ1) is 20.6. The molecule has 3 heteroatoms. The Bertz CT molecular complexity index is 798. The van der Waals surface area contributed by atoms with Crippen LogP contribution in [0, 0.1) is 5.92 Å². The number of Topliss-reactive ketones (excluding diaryl/α,β-unsaturated/α-hetero) is 1. The molecule has 1 aromatic rings. The number of carbonyl (C=O) groups excluding carboxylic acids is 2. The van der Waals surface area contributed by atoms with Gasteiger partial charge in [0.2, 0.25) is 0 Å². The Labute approximate surface area is 168 Å². The van der Waals surface area contributed by atoms with Crippen molar-refractivity contribution in [2.24, 2.45) is 5.92 Å². The number of allylic oxidation sites excluding steroid dienone is 2. The van der Waals surface area contributed by atoms with Crippen molar-refractivity contribution in [1.29, 1.82) is 0 Å². The Morgan fingerprint density at radius 1 is 1.18 bits per heavy atom. The number of hydrogen-bond donors (Lipinski definition) is 0. The molecule has 1 aromatic carbocycles. The van der Waals surface area contributed by atoms with Crippen LogP contribution in [0.3, 0.4) is 0 Å². The molecule has 2 aliphatic carbocycles. The minimum atomic E-state index is -0.245. The minimum absolute atomic E-state index is 0.118. The summed E-state index contributed by atoms with van der Waals surface area (Å²) in [6, 6.07) is 9.97. The molecule has 0 spiro atoms. The lowest BCUT2D eigenvalue weighted by atomic mass is 9.84. The Kier molecular flexibility index (Phi) is 6.53. The third kappa shape index (κ3) is 4.45. The van der Waals surface area contributed by atoms with Gasteiger partial charge in [-0.15, -0.1) is 0 Å². The van der Waals surface area contributed by atoms with Crippen molar-refractivity contribution in [3.05, 3.63) is 58.2 Å². The van der Waals surface area contributed by atoms with E-state index in [-0.39, 0.29) is 23.8 Å². The average Bonchev–Trinajstić information content (AvgIpc) is 2.99. The zero-order valence-electron chi connectivity index (χ0n) is 17.6. The molecule has 28 heavy (non-hydrogen) atoms. The molecule has 0 radical (unpaired) electrons. The van der Waals surface area contributed by atoms with Crippen LogP contribution in [0.4, 0.5) is 0 Å². The van der Waals surface area contributed by atoms with Gasteiger partial charge in [0.05, 0.1) is 11.7 Å². The van der Waals surface area contributed by atoms with E-state index in [2.05, 4.69) is 13.8 Å². The molecule has 0 aromatic heterocycles. The van der Waals surface area contributed by atoms with E-state index >= 15 is 0 Å². The maximum Gasteiger partial charge on any atom is 0.338 e. The molecule has 2 unspecified atom stereocenters. The second kappa shape index (κ2) is 8.89. The van der Waals surface area contributed by atoms with Crippen molar-refractivity contribution in [1.82, 2.24) is 0 Å². The van der Waals surface area contributed by atoms with Gasteiger partial charge in [-0.25, -0.2) is 4.79 Å². The summed E-state index contributed by atoms with van der Waals surface area (Å²) >= 11 is 0. The van der Waals surface area contributed by atoms with Crippen LogP contribution in [-0.2, 0) is 14.3 Å². The fourth-order valence-electron chi connectivity index (χ4n) is 4.61. The lowest BCUT2D eigenvalue weighted by Gasteiger charge is -2.22. The highest BCUT2D eigenvalue weighted by molar-refractivity contribution is 5.98. The summed E-state index contributed by atoms with van der Waals surface area (Å²) in [5.41, 5.74) is 5.27. The smallest absolute Gasteiger partial charge is 0.338 e. The number of hydrogen-bond acceptors (Lipinski definition) is 3. The summed E-state index contributed by atoms with van der Waals surface area (Å²) in [6.07, 6.45) is 4.77. The maximum atomic E-state index is 13.2. The van der Waals surface area contributed by atoms with Gasteiger partial charge in [-0.05, 0) is 68.6 Å². The van der Waals surface area contributed by atoms with Crippen LogP contribution in [0.1, 0.15) is 77.7 Å². The maximum absolute atomic E-state index is 13.2. The average molecular weight is 381 g/mol. The molecule has 0 saturated heterocycles. The van der Waals surface area contributed by atoms with Crippen molar-refractivity contribution < 1.29 is 14.3 Å². The van der Waals surface area contributed by atoms with Gasteiger partial charge in [-0.3, -0.25) is 4.79 Å². The lowest BCUT2D eigenvalue weighted by Crippen LogP contribution is -2.18. The third-order valence-electron chi connectivity index (χ3n) is 5.92. The van der Waals surface area contributed by atoms with Crippen molar-refractivity contribution >= 4 is 11.8 Å². The van der Waals surface area contributed by atoms with E-state index in [0.717, 1.165) is 43.2 Å². The van der Waals surface area contributed by atoms with E-state index in [1.165, 1.54) is 11.1 Å². The SMILES string of the molecule is CCC(C(=O)CC1=C(C(=O)OC(C)C)C2=C(C1)CC(C)CC2)c1ccccc1. The first-order valence-electron chi connectivity index (χ1n) is 10.6. The number of esters is 1. The van der Waals surface area contributed by atoms with Gasteiger partial charge in [0, 0.05) is 12.3 Å². The van der Waals surface area contributed by atoms with E-state index in [4.69, 9.17) is 4.74 Å². The minimum Gasteiger partial charge on any atom is -0.459 e. The molecule has 2 aliphatic rings. The lowest BCUT2D eigenvalue weighted by molar-refractivity contribution is -0.142. The molecule has 0 amide bonds. The monoisotopic (exact) mass is 380 g/mol. The highest BCUT2D eigenvalue weighted by Crippen LogP contribution is 2.45. The first-order valence-corrected chi connectivity index (χ1v) is 10.6. The normalized spacial score (nSPS) is 20.4. The second-order valence-electron chi connectivity index (χ2n) is 8.55. The molecule has 0 saturated carbocycles. The van der Waals surface area contributed by atoms with Gasteiger partial charge in [0.15, 0.2) is 0 Å². The highest BCUT2D eigenvalue weighted by atomic mass is 16.5. The quantitative estimate of drug-likeness (QED) is 0.552. The van der Waals surface area contributed by atoms with E-state index in [0.29, 0.717) is 17.9 Å². The number of rotatable bonds is 7. The zero-order chi connectivity index (χ0) is 20.3. The molecule has 0 N–H and O–H groups in total. The predicted molar refractivity (Wildman–Crippen MR) is 112 cm³/mol. The van der Waals surface area contributed by atoms with Gasteiger partial charge >= 0.3 is 5.97 Å². The molecular weight excluding hydrogens is 348 g/mol. The summed E-state index contributed by atoms with van der Waals surface area (Å²) in [6.45, 7) is 8.07. The largest absolute Gasteiger partial charge is 0.459 e. The molecule has 150 valence electrons. The molecular formula is C25H32O3. The summed E-state index contributed by atoms with van der Waals surface area (Å²) in [5, 5.41) is 0. The fourth-order valence-corrected chi connectivity index (χ4v) is 4.61. The number of carbonyl (C=O) groups is 2. The Morgan fingerprint density at radius 3 is 2.54 bits per heavy atom. The van der Waals surface area contributed by atoms with Gasteiger partial charge < -0.3 is 4.74 Å². The van der Waals surface area contributed by atoms with Crippen LogP contribution in [0.15, 0.2) is 52.6 Å². The van der Waals surface area contributed by atoms with Crippen molar-refractivity contribution in [3.63, 3.8) is 0 Å². The van der Waals surface area contributed by atoms with Crippen LogP contribution >= 0.6 is 0 Å². The van der Waals surface area contributed by atoms with Crippen LogP contribution in [-0.4, -0.2) is 17.9 Å². The molecule has 0 bridgehead atoms. The molecule has 2 atom stereocenters. The van der Waals surface area contributed by atoms with Gasteiger partial charge in [0.25, 0.3) is 0 Å². The van der Waals surface area contributed by atoms with Crippen LogP contribution in [0.5, 0.6) is 0 Å². The van der Waals surface area contributed by atoms with Crippen LogP contribution in [0.25, 0.3) is 0 Å². The topological polar surface area (TPSA) is 43.4 Å². The summed E-state index contributed by atoms with van der Waals surface area (Å²) in [5.74, 6) is 0.480. The van der Waals surface area contributed by atoms with Gasteiger partial charge in [0.1, 0.15) is 5.78 Å². The van der Waals surface area contributed by atoms with Crippen LogP contribution < -0.4 is 0 Å². The molecule has 0 heterocycles. The molecule has 0 aliphatic heterocycles. The van der Waals surface area contributed by atoms with Crippen molar-refractivity contribution in [2.45, 2.75) is 78.2 Å². The molecule has 0 fully saturated rings. The summed E-state index contributed by atoms with van der Waals surface area (Å²) in [4.78, 5) is 26.1. The molecule has 3 nitrogen and oxygen atoms in total. The summed E-state index contributed by atoms with van der Waals surface area (Å²) in [7, 11) is 0. The van der Waals surface area contributed by atoms with Gasteiger partial charge in [-0.1, -0.05) is 49.8 Å². The second-order valence-corrected chi connectivity index (χ2v) is 8.55. The summed E-state index contributed by atoms with van der Waals surface area (Å²) < 4.78 is 5.55. The predicted octanol–water partition coefficient (Wildman–Crippen LogP) is 5.91. The van der Waals surface area contributed by atoms with E-state index < -0.39 is 0 Å².